The Hall–Kier alpha value is -1.10. The van der Waals surface area contributed by atoms with Crippen molar-refractivity contribution in [1.29, 1.82) is 0 Å². The summed E-state index contributed by atoms with van der Waals surface area (Å²) in [6, 6.07) is 9.37. The van der Waals surface area contributed by atoms with Gasteiger partial charge < -0.3 is 10.1 Å². The van der Waals surface area contributed by atoms with Gasteiger partial charge in [0, 0.05) is 12.6 Å². The quantitative estimate of drug-likeness (QED) is 0.614. The molecule has 0 bridgehead atoms. The number of hydrogen-bond acceptors (Lipinski definition) is 4. The maximum absolute atomic E-state index is 5.78. The third kappa shape index (κ3) is 4.70. The summed E-state index contributed by atoms with van der Waals surface area (Å²) >= 11 is 0. The Bertz CT molecular complexity index is 421. The van der Waals surface area contributed by atoms with Gasteiger partial charge in [0.1, 0.15) is 5.75 Å². The van der Waals surface area contributed by atoms with Crippen LogP contribution >= 0.6 is 0 Å². The first-order valence-corrected chi connectivity index (χ1v) is 8.70. The van der Waals surface area contributed by atoms with Gasteiger partial charge in [-0.3, -0.25) is 5.43 Å². The standard InChI is InChI=1S/C18H31N3O/c1-4-6-7-12-22-16-10-8-15(9-11-16)18-14(3)17(20-21-18)13-19-5-2/h8-11,14,17-21H,4-7,12-13H2,1-3H3. The monoisotopic (exact) mass is 305 g/mol. The van der Waals surface area contributed by atoms with Crippen LogP contribution in [0.4, 0.5) is 0 Å². The maximum Gasteiger partial charge on any atom is 0.119 e. The molecule has 2 rings (SSSR count). The SMILES string of the molecule is CCCCCOc1ccc(C2NNC(CNCC)C2C)cc1. The summed E-state index contributed by atoms with van der Waals surface area (Å²) in [7, 11) is 0. The molecule has 3 atom stereocenters. The molecule has 124 valence electrons. The summed E-state index contributed by atoms with van der Waals surface area (Å²) in [5.74, 6) is 1.53. The second-order valence-electron chi connectivity index (χ2n) is 6.16. The van der Waals surface area contributed by atoms with E-state index in [1.54, 1.807) is 0 Å². The number of unbranched alkanes of at least 4 members (excludes halogenated alkanes) is 2. The Balaban J connectivity index is 1.85. The van der Waals surface area contributed by atoms with Crippen molar-refractivity contribution in [2.24, 2.45) is 5.92 Å². The van der Waals surface area contributed by atoms with Crippen LogP contribution in [0.25, 0.3) is 0 Å². The van der Waals surface area contributed by atoms with E-state index in [-0.39, 0.29) is 0 Å². The first-order valence-electron chi connectivity index (χ1n) is 8.70. The number of benzene rings is 1. The van der Waals surface area contributed by atoms with Gasteiger partial charge in [0.2, 0.25) is 0 Å². The van der Waals surface area contributed by atoms with Gasteiger partial charge >= 0.3 is 0 Å². The van der Waals surface area contributed by atoms with Crippen molar-refractivity contribution < 1.29 is 4.74 Å². The summed E-state index contributed by atoms with van der Waals surface area (Å²) in [6.45, 7) is 9.48. The van der Waals surface area contributed by atoms with Crippen LogP contribution in [0.3, 0.4) is 0 Å². The first-order chi connectivity index (χ1) is 10.8. The van der Waals surface area contributed by atoms with E-state index in [1.165, 1.54) is 18.4 Å². The lowest BCUT2D eigenvalue weighted by Crippen LogP contribution is -2.39. The van der Waals surface area contributed by atoms with Gasteiger partial charge in [0.25, 0.3) is 0 Å². The zero-order valence-corrected chi connectivity index (χ0v) is 14.2. The highest BCUT2D eigenvalue weighted by molar-refractivity contribution is 5.30. The third-order valence-electron chi connectivity index (χ3n) is 4.45. The molecule has 0 spiro atoms. The largest absolute Gasteiger partial charge is 0.494 e. The lowest BCUT2D eigenvalue weighted by Gasteiger charge is -2.19. The third-order valence-corrected chi connectivity index (χ3v) is 4.45. The van der Waals surface area contributed by atoms with Crippen LogP contribution in [0.5, 0.6) is 5.75 Å². The molecule has 4 nitrogen and oxygen atoms in total. The molecule has 1 fully saturated rings. The van der Waals surface area contributed by atoms with Crippen molar-refractivity contribution in [3.8, 4) is 5.75 Å². The number of hydrogen-bond donors (Lipinski definition) is 3. The van der Waals surface area contributed by atoms with Crippen molar-refractivity contribution in [3.63, 3.8) is 0 Å². The molecule has 3 N–H and O–H groups in total. The predicted octanol–water partition coefficient (Wildman–Crippen LogP) is 3.02. The van der Waals surface area contributed by atoms with E-state index in [9.17, 15) is 0 Å². The van der Waals surface area contributed by atoms with E-state index in [2.05, 4.69) is 61.2 Å². The van der Waals surface area contributed by atoms with Gasteiger partial charge in [-0.25, -0.2) is 5.43 Å². The zero-order chi connectivity index (χ0) is 15.8. The number of ether oxygens (including phenoxy) is 1. The topological polar surface area (TPSA) is 45.3 Å². The zero-order valence-electron chi connectivity index (χ0n) is 14.2. The average Bonchev–Trinajstić information content (AvgIpc) is 2.91. The molecule has 0 saturated carbocycles. The molecule has 1 aliphatic heterocycles. The van der Waals surface area contributed by atoms with Crippen molar-refractivity contribution in [3.05, 3.63) is 29.8 Å². The summed E-state index contributed by atoms with van der Waals surface area (Å²) in [5.41, 5.74) is 8.16. The van der Waals surface area contributed by atoms with E-state index >= 15 is 0 Å². The van der Waals surface area contributed by atoms with E-state index in [1.807, 2.05) is 0 Å². The van der Waals surface area contributed by atoms with Crippen molar-refractivity contribution in [2.45, 2.75) is 52.1 Å². The van der Waals surface area contributed by atoms with Gasteiger partial charge in [0.05, 0.1) is 12.6 Å². The highest BCUT2D eigenvalue weighted by atomic mass is 16.5. The van der Waals surface area contributed by atoms with E-state index < -0.39 is 0 Å². The Labute approximate surface area is 135 Å². The molecule has 0 aliphatic carbocycles. The Kier molecular flexibility index (Phi) is 7.16. The van der Waals surface area contributed by atoms with Crippen LogP contribution in [0.15, 0.2) is 24.3 Å². The summed E-state index contributed by atoms with van der Waals surface area (Å²) in [4.78, 5) is 0. The molecule has 1 aliphatic rings. The molecular weight excluding hydrogens is 274 g/mol. The van der Waals surface area contributed by atoms with Crippen LogP contribution in [0, 0.1) is 5.92 Å². The van der Waals surface area contributed by atoms with Crippen molar-refractivity contribution >= 4 is 0 Å². The molecule has 0 aromatic heterocycles. The van der Waals surface area contributed by atoms with Crippen molar-refractivity contribution in [2.75, 3.05) is 19.7 Å². The van der Waals surface area contributed by atoms with Crippen LogP contribution in [-0.4, -0.2) is 25.7 Å². The minimum atomic E-state index is 0.359. The predicted molar refractivity (Wildman–Crippen MR) is 92.0 cm³/mol. The molecule has 3 unspecified atom stereocenters. The molecule has 0 radical (unpaired) electrons. The fourth-order valence-electron chi connectivity index (χ4n) is 2.93. The van der Waals surface area contributed by atoms with E-state index in [4.69, 9.17) is 4.74 Å². The second kappa shape index (κ2) is 9.13. The average molecular weight is 305 g/mol. The molecule has 22 heavy (non-hydrogen) atoms. The van der Waals surface area contributed by atoms with Crippen LogP contribution < -0.4 is 20.9 Å². The molecule has 4 heteroatoms. The second-order valence-corrected chi connectivity index (χ2v) is 6.16. The number of nitrogens with one attached hydrogen (secondary N) is 3. The lowest BCUT2D eigenvalue weighted by molar-refractivity contribution is 0.306. The highest BCUT2D eigenvalue weighted by Gasteiger charge is 2.32. The molecule has 0 amide bonds. The number of rotatable bonds is 9. The molecule has 1 aromatic rings. The van der Waals surface area contributed by atoms with Crippen molar-refractivity contribution in [1.82, 2.24) is 16.2 Å². The van der Waals surface area contributed by atoms with Gasteiger partial charge in [-0.15, -0.1) is 0 Å². The molecule has 1 saturated heterocycles. The Morgan fingerprint density at radius 2 is 1.86 bits per heavy atom. The maximum atomic E-state index is 5.78. The fraction of sp³-hybridized carbons (Fsp3) is 0.667. The summed E-state index contributed by atoms with van der Waals surface area (Å²) < 4.78 is 5.78. The highest BCUT2D eigenvalue weighted by Crippen LogP contribution is 2.29. The molecule has 1 aromatic carbocycles. The normalized spacial score (nSPS) is 24.6. The number of likely N-dealkylation sites (N-methyl/N-ethyl adjacent to an activating group) is 1. The van der Waals surface area contributed by atoms with Gasteiger partial charge in [-0.05, 0) is 36.6 Å². The lowest BCUT2D eigenvalue weighted by atomic mass is 9.91. The molecule has 1 heterocycles. The first kappa shape index (κ1) is 17.3. The Morgan fingerprint density at radius 1 is 1.09 bits per heavy atom. The van der Waals surface area contributed by atoms with E-state index in [0.717, 1.165) is 31.9 Å². The van der Waals surface area contributed by atoms with Gasteiger partial charge in [-0.1, -0.05) is 45.7 Å². The van der Waals surface area contributed by atoms with Gasteiger partial charge in [-0.2, -0.15) is 0 Å². The molecular formula is C18H31N3O. The van der Waals surface area contributed by atoms with Gasteiger partial charge in [0.15, 0.2) is 0 Å². The number of hydrazine groups is 1. The van der Waals surface area contributed by atoms with E-state index in [0.29, 0.717) is 18.0 Å². The van der Waals surface area contributed by atoms with Crippen LogP contribution in [0.2, 0.25) is 0 Å². The summed E-state index contributed by atoms with van der Waals surface area (Å²) in [5, 5.41) is 3.41. The minimum Gasteiger partial charge on any atom is -0.494 e. The van der Waals surface area contributed by atoms with Crippen LogP contribution in [0.1, 0.15) is 51.6 Å². The summed E-state index contributed by atoms with van der Waals surface area (Å²) in [6.07, 6.45) is 3.60. The van der Waals surface area contributed by atoms with Crippen LogP contribution in [-0.2, 0) is 0 Å². The Morgan fingerprint density at radius 3 is 2.55 bits per heavy atom. The fourth-order valence-corrected chi connectivity index (χ4v) is 2.93. The minimum absolute atomic E-state index is 0.359. The smallest absolute Gasteiger partial charge is 0.119 e.